The van der Waals surface area contributed by atoms with Gasteiger partial charge in [-0.2, -0.15) is 0 Å². The molecular weight excluding hydrogens is 242 g/mol. The number of nitrogens with zero attached hydrogens (tertiary/aromatic N) is 1. The number of oxazole rings is 1. The number of rotatable bonds is 5. The molecule has 0 aliphatic rings. The minimum absolute atomic E-state index is 0.310. The molecule has 0 bridgehead atoms. The quantitative estimate of drug-likeness (QED) is 0.897. The third-order valence-corrected chi connectivity index (χ3v) is 3.09. The van der Waals surface area contributed by atoms with Gasteiger partial charge in [-0.15, -0.1) is 0 Å². The molecule has 0 radical (unpaired) electrons. The van der Waals surface area contributed by atoms with Gasteiger partial charge in [0.05, 0.1) is 11.8 Å². The Hall–Kier alpha value is -1.81. The third kappa shape index (κ3) is 3.35. The minimum Gasteiger partial charge on any atom is -0.484 e. The third-order valence-electron chi connectivity index (χ3n) is 3.09. The summed E-state index contributed by atoms with van der Waals surface area (Å²) in [4.78, 5) is 4.25. The van der Waals surface area contributed by atoms with Crippen LogP contribution in [0.1, 0.15) is 42.4 Å². The molecule has 19 heavy (non-hydrogen) atoms. The number of aliphatic hydroxyl groups is 1. The monoisotopic (exact) mass is 261 g/mol. The van der Waals surface area contributed by atoms with Crippen molar-refractivity contribution in [3.05, 3.63) is 47.2 Å². The highest BCUT2D eigenvalue weighted by Crippen LogP contribution is 2.20. The molecular formula is C15H19NO3. The number of benzene rings is 1. The van der Waals surface area contributed by atoms with E-state index in [2.05, 4.69) is 4.98 Å². The van der Waals surface area contributed by atoms with Gasteiger partial charge in [-0.3, -0.25) is 0 Å². The van der Waals surface area contributed by atoms with Gasteiger partial charge >= 0.3 is 0 Å². The summed E-state index contributed by atoms with van der Waals surface area (Å²) in [5.74, 6) is 2.13. The highest BCUT2D eigenvalue weighted by molar-refractivity contribution is 5.28. The highest BCUT2D eigenvalue weighted by Gasteiger charge is 2.07. The fourth-order valence-corrected chi connectivity index (χ4v) is 1.77. The van der Waals surface area contributed by atoms with E-state index in [-0.39, 0.29) is 0 Å². The molecule has 1 aromatic carbocycles. The zero-order chi connectivity index (χ0) is 13.8. The van der Waals surface area contributed by atoms with Crippen molar-refractivity contribution in [2.24, 2.45) is 0 Å². The first kappa shape index (κ1) is 13.6. The van der Waals surface area contributed by atoms with Gasteiger partial charge in [0.25, 0.3) is 0 Å². The lowest BCUT2D eigenvalue weighted by Crippen LogP contribution is -1.97. The number of aliphatic hydroxyl groups excluding tert-OH is 1. The van der Waals surface area contributed by atoms with Crippen molar-refractivity contribution in [3.8, 4) is 5.75 Å². The van der Waals surface area contributed by atoms with Crippen molar-refractivity contribution in [1.82, 2.24) is 4.98 Å². The molecule has 102 valence electrons. The number of hydrogen-bond donors (Lipinski definition) is 1. The Morgan fingerprint density at radius 2 is 1.95 bits per heavy atom. The fraction of sp³-hybridized carbons (Fsp3) is 0.400. The van der Waals surface area contributed by atoms with Crippen LogP contribution >= 0.6 is 0 Å². The predicted octanol–water partition coefficient (Wildman–Crippen LogP) is 3.31. The standard InChI is InChI=1S/C15H19NO3/c1-4-14(17)12-5-7-13(8-6-12)18-9-15-16-10(2)11(3)19-15/h5-8,14,17H,4,9H2,1-3H3/t14-/m0/s1. The summed E-state index contributed by atoms with van der Waals surface area (Å²) in [6.07, 6.45) is 0.292. The lowest BCUT2D eigenvalue weighted by atomic mass is 10.1. The molecule has 0 fully saturated rings. The fourth-order valence-electron chi connectivity index (χ4n) is 1.77. The van der Waals surface area contributed by atoms with Crippen molar-refractivity contribution in [1.29, 1.82) is 0 Å². The van der Waals surface area contributed by atoms with E-state index in [1.807, 2.05) is 45.0 Å². The maximum atomic E-state index is 9.70. The van der Waals surface area contributed by atoms with E-state index in [4.69, 9.17) is 9.15 Å². The Labute approximate surface area is 113 Å². The minimum atomic E-state index is -0.411. The van der Waals surface area contributed by atoms with Crippen LogP contribution in [0.3, 0.4) is 0 Å². The van der Waals surface area contributed by atoms with Crippen molar-refractivity contribution in [2.75, 3.05) is 0 Å². The summed E-state index contributed by atoms with van der Waals surface area (Å²) in [5.41, 5.74) is 1.79. The Kier molecular flexibility index (Phi) is 4.22. The van der Waals surface area contributed by atoms with Crippen LogP contribution in [-0.2, 0) is 6.61 Å². The Balaban J connectivity index is 1.96. The van der Waals surface area contributed by atoms with Gasteiger partial charge in [0, 0.05) is 0 Å². The van der Waals surface area contributed by atoms with Crippen LogP contribution < -0.4 is 4.74 Å². The number of aromatic nitrogens is 1. The lowest BCUT2D eigenvalue weighted by Gasteiger charge is -2.09. The molecule has 1 N–H and O–H groups in total. The van der Waals surface area contributed by atoms with Crippen molar-refractivity contribution < 1.29 is 14.3 Å². The summed E-state index contributed by atoms with van der Waals surface area (Å²) in [7, 11) is 0. The SMILES string of the molecule is CC[C@H](O)c1ccc(OCc2nc(C)c(C)o2)cc1. The van der Waals surface area contributed by atoms with E-state index in [0.29, 0.717) is 18.9 Å². The van der Waals surface area contributed by atoms with Crippen LogP contribution in [0.15, 0.2) is 28.7 Å². The smallest absolute Gasteiger partial charge is 0.232 e. The van der Waals surface area contributed by atoms with E-state index in [9.17, 15) is 5.11 Å². The van der Waals surface area contributed by atoms with Gasteiger partial charge in [-0.05, 0) is 38.0 Å². The van der Waals surface area contributed by atoms with Crippen LogP contribution in [0.25, 0.3) is 0 Å². The van der Waals surface area contributed by atoms with E-state index >= 15 is 0 Å². The summed E-state index contributed by atoms with van der Waals surface area (Å²) in [6, 6.07) is 7.43. The molecule has 0 amide bonds. The average molecular weight is 261 g/mol. The maximum Gasteiger partial charge on any atom is 0.232 e. The zero-order valence-corrected chi connectivity index (χ0v) is 11.5. The molecule has 4 heteroatoms. The molecule has 0 saturated carbocycles. The summed E-state index contributed by atoms with van der Waals surface area (Å²) in [5, 5.41) is 9.70. The normalized spacial score (nSPS) is 12.4. The second kappa shape index (κ2) is 5.89. The molecule has 1 atom stereocenters. The summed E-state index contributed by atoms with van der Waals surface area (Å²) in [6.45, 7) is 6.04. The number of ether oxygens (including phenoxy) is 1. The molecule has 1 heterocycles. The average Bonchev–Trinajstić information content (AvgIpc) is 2.75. The summed E-state index contributed by atoms with van der Waals surface area (Å²) >= 11 is 0. The highest BCUT2D eigenvalue weighted by atomic mass is 16.5. The van der Waals surface area contributed by atoms with E-state index < -0.39 is 6.10 Å². The van der Waals surface area contributed by atoms with Crippen LogP contribution in [0.4, 0.5) is 0 Å². The molecule has 0 saturated heterocycles. The largest absolute Gasteiger partial charge is 0.484 e. The van der Waals surface area contributed by atoms with Crippen LogP contribution in [0, 0.1) is 13.8 Å². The molecule has 2 aromatic rings. The molecule has 0 unspecified atom stereocenters. The Morgan fingerprint density at radius 3 is 2.47 bits per heavy atom. The Bertz CT molecular complexity index is 511. The molecule has 4 nitrogen and oxygen atoms in total. The molecule has 2 rings (SSSR count). The van der Waals surface area contributed by atoms with Gasteiger partial charge in [-0.1, -0.05) is 19.1 Å². The summed E-state index contributed by atoms with van der Waals surface area (Å²) < 4.78 is 11.0. The second-order valence-electron chi connectivity index (χ2n) is 4.53. The molecule has 0 spiro atoms. The second-order valence-corrected chi connectivity index (χ2v) is 4.53. The van der Waals surface area contributed by atoms with Crippen molar-refractivity contribution in [2.45, 2.75) is 39.9 Å². The van der Waals surface area contributed by atoms with Crippen LogP contribution in [0.5, 0.6) is 5.75 Å². The first-order valence-electron chi connectivity index (χ1n) is 6.44. The van der Waals surface area contributed by atoms with Crippen LogP contribution in [-0.4, -0.2) is 10.1 Å². The maximum absolute atomic E-state index is 9.70. The van der Waals surface area contributed by atoms with Gasteiger partial charge in [0.2, 0.25) is 5.89 Å². The van der Waals surface area contributed by atoms with Gasteiger partial charge in [-0.25, -0.2) is 4.98 Å². The van der Waals surface area contributed by atoms with Crippen molar-refractivity contribution >= 4 is 0 Å². The molecule has 1 aromatic heterocycles. The molecule has 0 aliphatic heterocycles. The zero-order valence-electron chi connectivity index (χ0n) is 11.5. The lowest BCUT2D eigenvalue weighted by molar-refractivity contribution is 0.173. The van der Waals surface area contributed by atoms with Gasteiger partial charge < -0.3 is 14.3 Å². The first-order valence-corrected chi connectivity index (χ1v) is 6.44. The van der Waals surface area contributed by atoms with E-state index in [1.54, 1.807) is 0 Å². The Morgan fingerprint density at radius 1 is 1.26 bits per heavy atom. The van der Waals surface area contributed by atoms with Gasteiger partial charge in [0.1, 0.15) is 11.5 Å². The van der Waals surface area contributed by atoms with Crippen molar-refractivity contribution in [3.63, 3.8) is 0 Å². The number of hydrogen-bond acceptors (Lipinski definition) is 4. The topological polar surface area (TPSA) is 55.5 Å². The van der Waals surface area contributed by atoms with Crippen LogP contribution in [0.2, 0.25) is 0 Å². The first-order chi connectivity index (χ1) is 9.10. The van der Waals surface area contributed by atoms with E-state index in [0.717, 1.165) is 22.8 Å². The van der Waals surface area contributed by atoms with E-state index in [1.165, 1.54) is 0 Å². The number of aryl methyl sites for hydroxylation is 2. The molecule has 0 aliphatic carbocycles. The predicted molar refractivity (Wildman–Crippen MR) is 72.0 cm³/mol. The van der Waals surface area contributed by atoms with Gasteiger partial charge in [0.15, 0.2) is 6.61 Å².